The van der Waals surface area contributed by atoms with Gasteiger partial charge in [-0.1, -0.05) is 0 Å². The third kappa shape index (κ3) is 4.63. The second-order valence-corrected chi connectivity index (χ2v) is 10.1. The molecule has 1 N–H and O–H groups in total. The van der Waals surface area contributed by atoms with E-state index in [1.807, 2.05) is 26.2 Å². The Hall–Kier alpha value is -1.19. The number of hydrogen-bond donors (Lipinski definition) is 1. The summed E-state index contributed by atoms with van der Waals surface area (Å²) in [7, 11) is 0. The first-order valence-electron chi connectivity index (χ1n) is 8.98. The van der Waals surface area contributed by atoms with Gasteiger partial charge in [0.25, 0.3) is 0 Å². The van der Waals surface area contributed by atoms with E-state index < -0.39 is 17.2 Å². The molecule has 1 amide bonds. The van der Waals surface area contributed by atoms with Crippen LogP contribution in [0.5, 0.6) is 0 Å². The van der Waals surface area contributed by atoms with E-state index in [0.29, 0.717) is 13.1 Å². The number of ether oxygens (including phenoxy) is 2. The maximum Gasteiger partial charge on any atom is 0.410 e. The summed E-state index contributed by atoms with van der Waals surface area (Å²) in [5, 5.41) is 11.7. The highest BCUT2D eigenvalue weighted by atomic mass is 79.9. The van der Waals surface area contributed by atoms with Gasteiger partial charge in [-0.3, -0.25) is 0 Å². The minimum absolute atomic E-state index is 0.0646. The Kier molecular flexibility index (Phi) is 5.58. The second kappa shape index (κ2) is 7.33. The third-order valence-electron chi connectivity index (χ3n) is 5.13. The fourth-order valence-electron chi connectivity index (χ4n) is 3.98. The topological polar surface area (TPSA) is 89.0 Å². The van der Waals surface area contributed by atoms with Crippen LogP contribution in [0.2, 0.25) is 0 Å². The lowest BCUT2D eigenvalue weighted by Gasteiger charge is -2.57. The lowest BCUT2D eigenvalue weighted by Crippen LogP contribution is -2.57. The van der Waals surface area contributed by atoms with Gasteiger partial charge < -0.3 is 19.5 Å². The Morgan fingerprint density at radius 3 is 2.44 bits per heavy atom. The molecule has 1 aliphatic carbocycles. The summed E-state index contributed by atoms with van der Waals surface area (Å²) >= 11 is 4.85. The van der Waals surface area contributed by atoms with Crippen molar-refractivity contribution in [2.45, 2.75) is 57.7 Å². The minimum atomic E-state index is -0.981. The first-order chi connectivity index (χ1) is 12.5. The van der Waals surface area contributed by atoms with Gasteiger partial charge in [-0.25, -0.2) is 14.6 Å². The van der Waals surface area contributed by atoms with Crippen LogP contribution in [0, 0.1) is 5.41 Å². The van der Waals surface area contributed by atoms with Crippen LogP contribution in [0.1, 0.15) is 51.5 Å². The highest BCUT2D eigenvalue weighted by Crippen LogP contribution is 2.61. The molecule has 1 saturated heterocycles. The highest BCUT2D eigenvalue weighted by Gasteiger charge is 2.59. The molecule has 1 aliphatic heterocycles. The van der Waals surface area contributed by atoms with Crippen molar-refractivity contribution < 1.29 is 24.2 Å². The maximum absolute atomic E-state index is 12.3. The number of carbonyl (C=O) groups excluding carboxylic acids is 1. The molecule has 9 heteroatoms. The second-order valence-electron chi connectivity index (χ2n) is 8.47. The average Bonchev–Trinajstić information content (AvgIpc) is 2.96. The normalized spacial score (nSPS) is 21.0. The fraction of sp³-hybridized carbons (Fsp3) is 0.722. The Morgan fingerprint density at radius 1 is 1.33 bits per heavy atom. The molecule has 1 aromatic rings. The molecule has 150 valence electrons. The molecule has 1 aromatic heterocycles. The number of piperidine rings is 1. The zero-order valence-electron chi connectivity index (χ0n) is 15.8. The van der Waals surface area contributed by atoms with Crippen molar-refractivity contribution in [3.63, 3.8) is 0 Å². The lowest BCUT2D eigenvalue weighted by atomic mass is 9.55. The number of halogens is 1. The number of rotatable bonds is 4. The van der Waals surface area contributed by atoms with Gasteiger partial charge in [-0.15, -0.1) is 11.3 Å². The van der Waals surface area contributed by atoms with E-state index in [0.717, 1.165) is 35.3 Å². The van der Waals surface area contributed by atoms with Gasteiger partial charge in [0.1, 0.15) is 27.4 Å². The van der Waals surface area contributed by atoms with Gasteiger partial charge in [-0.05, 0) is 67.8 Å². The summed E-state index contributed by atoms with van der Waals surface area (Å²) in [5.74, 6) is -0.981. The Balaban J connectivity index is 1.63. The van der Waals surface area contributed by atoms with Gasteiger partial charge in [-0.2, -0.15) is 0 Å². The number of carboxylic acid groups (broad SMARTS) is 1. The molecule has 2 aliphatic rings. The zero-order valence-corrected chi connectivity index (χ0v) is 18.2. The third-order valence-corrected chi connectivity index (χ3v) is 6.87. The van der Waals surface area contributed by atoms with Crippen molar-refractivity contribution in [3.05, 3.63) is 15.0 Å². The number of likely N-dealkylation sites (tertiary alicyclic amines) is 1. The number of thiazole rings is 1. The van der Waals surface area contributed by atoms with Gasteiger partial charge >= 0.3 is 12.1 Å². The van der Waals surface area contributed by atoms with Crippen LogP contribution in [0.4, 0.5) is 4.79 Å². The molecule has 7 nitrogen and oxygen atoms in total. The molecular formula is C18H25BrN2O5S. The molecule has 2 fully saturated rings. The molecule has 3 rings (SSSR count). The van der Waals surface area contributed by atoms with Gasteiger partial charge in [0.2, 0.25) is 0 Å². The van der Waals surface area contributed by atoms with Gasteiger partial charge in [0, 0.05) is 18.5 Å². The Labute approximate surface area is 171 Å². The number of amides is 1. The summed E-state index contributed by atoms with van der Waals surface area (Å²) in [6, 6.07) is 0. The molecule has 0 unspecified atom stereocenters. The van der Waals surface area contributed by atoms with Crippen LogP contribution in [-0.2, 0) is 19.9 Å². The van der Waals surface area contributed by atoms with Crippen LogP contribution in [0.25, 0.3) is 0 Å². The van der Waals surface area contributed by atoms with Crippen molar-refractivity contribution in [1.82, 2.24) is 9.88 Å². The predicted octanol–water partition coefficient (Wildman–Crippen LogP) is 4.01. The number of nitrogens with zero attached hydrogens (tertiary/aromatic N) is 2. The summed E-state index contributed by atoms with van der Waals surface area (Å²) in [5.41, 5.74) is -1.07. The molecular weight excluding hydrogens is 436 g/mol. The number of carbonyl (C=O) groups is 2. The van der Waals surface area contributed by atoms with Crippen molar-refractivity contribution in [3.8, 4) is 0 Å². The van der Waals surface area contributed by atoms with E-state index in [1.165, 1.54) is 11.3 Å². The SMILES string of the molecule is CC(C)(C)OC(=O)N1CCC2(CC1)CC(OCC(=O)O)(c1nc(Br)cs1)C2. The van der Waals surface area contributed by atoms with Crippen LogP contribution in [0.15, 0.2) is 9.98 Å². The van der Waals surface area contributed by atoms with E-state index in [1.54, 1.807) is 4.90 Å². The fourth-order valence-corrected chi connectivity index (χ4v) is 5.39. The van der Waals surface area contributed by atoms with Crippen LogP contribution in [-0.4, -0.2) is 52.4 Å². The summed E-state index contributed by atoms with van der Waals surface area (Å²) < 4.78 is 12.0. The predicted molar refractivity (Wildman–Crippen MR) is 104 cm³/mol. The van der Waals surface area contributed by atoms with Crippen LogP contribution < -0.4 is 0 Å². The standard InChI is InChI=1S/C18H25BrN2O5S/c1-16(2,3)26-15(24)21-6-4-17(5-7-21)10-18(11-17,25-8-13(22)23)14-20-12(19)9-27-14/h9H,4-8,10-11H2,1-3H3,(H,22,23). The molecule has 0 atom stereocenters. The molecule has 27 heavy (non-hydrogen) atoms. The van der Waals surface area contributed by atoms with E-state index in [2.05, 4.69) is 20.9 Å². The monoisotopic (exact) mass is 460 g/mol. The van der Waals surface area contributed by atoms with Crippen molar-refractivity contribution in [2.24, 2.45) is 5.41 Å². The maximum atomic E-state index is 12.3. The molecule has 1 saturated carbocycles. The first kappa shape index (κ1) is 20.5. The summed E-state index contributed by atoms with van der Waals surface area (Å²) in [6.45, 7) is 6.54. The Bertz CT molecular complexity index is 714. The van der Waals surface area contributed by atoms with Crippen LogP contribution in [0.3, 0.4) is 0 Å². The highest BCUT2D eigenvalue weighted by molar-refractivity contribution is 9.10. The quantitative estimate of drug-likeness (QED) is 0.729. The minimum Gasteiger partial charge on any atom is -0.480 e. The number of carboxylic acids is 1. The first-order valence-corrected chi connectivity index (χ1v) is 10.7. The molecule has 1 spiro atoms. The molecule has 2 heterocycles. The van der Waals surface area contributed by atoms with E-state index in [4.69, 9.17) is 14.6 Å². The van der Waals surface area contributed by atoms with Crippen molar-refractivity contribution in [2.75, 3.05) is 19.7 Å². The van der Waals surface area contributed by atoms with E-state index in [-0.39, 0.29) is 18.1 Å². The number of aliphatic carboxylic acids is 1. The number of aromatic nitrogens is 1. The van der Waals surface area contributed by atoms with Crippen molar-refractivity contribution in [1.29, 1.82) is 0 Å². The zero-order chi connectivity index (χ0) is 19.9. The molecule has 0 aromatic carbocycles. The van der Waals surface area contributed by atoms with Gasteiger partial charge in [0.05, 0.1) is 0 Å². The number of hydrogen-bond acceptors (Lipinski definition) is 6. The van der Waals surface area contributed by atoms with Crippen molar-refractivity contribution >= 4 is 39.3 Å². The largest absolute Gasteiger partial charge is 0.480 e. The van der Waals surface area contributed by atoms with Gasteiger partial charge in [0.15, 0.2) is 0 Å². The van der Waals surface area contributed by atoms with E-state index >= 15 is 0 Å². The lowest BCUT2D eigenvalue weighted by molar-refractivity contribution is -0.198. The molecule has 0 bridgehead atoms. The summed E-state index contributed by atoms with van der Waals surface area (Å²) in [4.78, 5) is 29.5. The summed E-state index contributed by atoms with van der Waals surface area (Å²) in [6.07, 6.45) is 2.91. The molecule has 0 radical (unpaired) electrons. The smallest absolute Gasteiger partial charge is 0.410 e. The van der Waals surface area contributed by atoms with E-state index in [9.17, 15) is 9.59 Å². The Morgan fingerprint density at radius 2 is 1.96 bits per heavy atom. The average molecular weight is 461 g/mol. The van der Waals surface area contributed by atoms with Crippen LogP contribution >= 0.6 is 27.3 Å².